The highest BCUT2D eigenvalue weighted by molar-refractivity contribution is 7.13. The normalized spacial score (nSPS) is 11.0. The van der Waals surface area contributed by atoms with Crippen molar-refractivity contribution >= 4 is 33.1 Å². The Hall–Kier alpha value is -4.14. The molecule has 0 saturated heterocycles. The van der Waals surface area contributed by atoms with E-state index in [9.17, 15) is 0 Å². The summed E-state index contributed by atoms with van der Waals surface area (Å²) in [7, 11) is 5.72. The number of anilines is 2. The van der Waals surface area contributed by atoms with Crippen LogP contribution in [0.5, 0.6) is 11.5 Å². The molecule has 0 spiro atoms. The van der Waals surface area contributed by atoms with Crippen LogP contribution in [0.15, 0.2) is 90.4 Å². The minimum atomic E-state index is 0.437. The fourth-order valence-corrected chi connectivity index (χ4v) is 5.19. The van der Waals surface area contributed by atoms with E-state index in [-0.39, 0.29) is 0 Å². The Kier molecular flexibility index (Phi) is 9.11. The molecule has 0 aliphatic carbocycles. The van der Waals surface area contributed by atoms with Crippen LogP contribution in [0.3, 0.4) is 0 Å². The highest BCUT2D eigenvalue weighted by Crippen LogP contribution is 2.27. The molecule has 7 nitrogen and oxygen atoms in total. The minimum absolute atomic E-state index is 0.437. The number of nitrogens with zero attached hydrogens (tertiary/aromatic N) is 4. The molecule has 0 bridgehead atoms. The molecule has 206 valence electrons. The van der Waals surface area contributed by atoms with Crippen molar-refractivity contribution in [2.45, 2.75) is 19.7 Å². The first-order chi connectivity index (χ1) is 19.6. The van der Waals surface area contributed by atoms with E-state index in [0.717, 1.165) is 51.0 Å². The van der Waals surface area contributed by atoms with Crippen LogP contribution < -0.4 is 19.3 Å². The van der Waals surface area contributed by atoms with E-state index >= 15 is 0 Å². The highest BCUT2D eigenvalue weighted by atomic mass is 32.1. The lowest BCUT2D eigenvalue weighted by Gasteiger charge is -2.22. The number of methoxy groups -OCH3 is 1. The first-order valence-corrected chi connectivity index (χ1v) is 14.1. The van der Waals surface area contributed by atoms with Crippen LogP contribution in [-0.2, 0) is 24.4 Å². The molecule has 2 aromatic heterocycles. The van der Waals surface area contributed by atoms with Crippen molar-refractivity contribution in [3.05, 3.63) is 107 Å². The number of hydrogen-bond donors (Lipinski definition) is 0. The molecule has 0 saturated carbocycles. The van der Waals surface area contributed by atoms with Crippen molar-refractivity contribution in [2.24, 2.45) is 0 Å². The second-order valence-corrected chi connectivity index (χ2v) is 10.5. The van der Waals surface area contributed by atoms with Crippen molar-refractivity contribution in [3.8, 4) is 11.5 Å². The molecular weight excluding hydrogens is 520 g/mol. The lowest BCUT2D eigenvalue weighted by molar-refractivity contribution is 0.0873. The number of hydrogen-bond acceptors (Lipinski definition) is 8. The van der Waals surface area contributed by atoms with Gasteiger partial charge in [-0.05, 0) is 53.6 Å². The molecule has 0 aliphatic rings. The molecule has 2 heterocycles. The second kappa shape index (κ2) is 13.3. The summed E-state index contributed by atoms with van der Waals surface area (Å²) in [5, 5.41) is 4.15. The molecule has 0 atom stereocenters. The summed E-state index contributed by atoms with van der Waals surface area (Å²) >= 11 is 1.63. The van der Waals surface area contributed by atoms with E-state index in [1.165, 1.54) is 5.56 Å². The number of thiazole rings is 1. The summed E-state index contributed by atoms with van der Waals surface area (Å²) in [5.74, 6) is 1.68. The molecule has 0 fully saturated rings. The number of aromatic nitrogens is 2. The third-order valence-corrected chi connectivity index (χ3v) is 7.39. The average molecular weight is 555 g/mol. The summed E-state index contributed by atoms with van der Waals surface area (Å²) in [6.45, 7) is 2.82. The number of fused-ring (bicyclic) bond motifs is 1. The topological polar surface area (TPSA) is 60.0 Å². The lowest BCUT2D eigenvalue weighted by atomic mass is 10.1. The maximum Gasteiger partial charge on any atom is 0.186 e. The SMILES string of the molecule is COc1cccc(CN(Cc2ccc3ncccc3c2)c2nc(COCCOc3cccc(N(C)C)c3)cs2)c1. The lowest BCUT2D eigenvalue weighted by Crippen LogP contribution is -2.22. The summed E-state index contributed by atoms with van der Waals surface area (Å²) in [6, 6.07) is 26.7. The van der Waals surface area contributed by atoms with Gasteiger partial charge in [-0.2, -0.15) is 0 Å². The first-order valence-electron chi connectivity index (χ1n) is 13.2. The third-order valence-electron chi connectivity index (χ3n) is 6.44. The Labute approximate surface area is 239 Å². The fraction of sp³-hybridized carbons (Fsp3) is 0.250. The molecule has 0 aliphatic heterocycles. The largest absolute Gasteiger partial charge is 0.497 e. The Bertz CT molecular complexity index is 1540. The molecule has 5 aromatic rings. The monoisotopic (exact) mass is 554 g/mol. The summed E-state index contributed by atoms with van der Waals surface area (Å²) < 4.78 is 17.2. The molecule has 0 amide bonds. The molecule has 8 heteroatoms. The number of rotatable bonds is 13. The first kappa shape index (κ1) is 27.4. The van der Waals surface area contributed by atoms with Crippen molar-refractivity contribution in [2.75, 3.05) is 44.2 Å². The van der Waals surface area contributed by atoms with Crippen LogP contribution in [-0.4, -0.2) is 44.4 Å². The third kappa shape index (κ3) is 7.28. The summed E-state index contributed by atoms with van der Waals surface area (Å²) in [6.07, 6.45) is 1.82. The smallest absolute Gasteiger partial charge is 0.186 e. The van der Waals surface area contributed by atoms with Crippen molar-refractivity contribution in [1.82, 2.24) is 9.97 Å². The van der Waals surface area contributed by atoms with Gasteiger partial charge in [0, 0.05) is 55.9 Å². The van der Waals surface area contributed by atoms with E-state index in [1.54, 1.807) is 18.4 Å². The van der Waals surface area contributed by atoms with Gasteiger partial charge in [0.1, 0.15) is 18.1 Å². The molecule has 5 rings (SSSR count). The number of pyridine rings is 1. The predicted molar refractivity (Wildman–Crippen MR) is 163 cm³/mol. The Morgan fingerprint density at radius 2 is 1.65 bits per heavy atom. The van der Waals surface area contributed by atoms with Crippen LogP contribution in [0.25, 0.3) is 10.9 Å². The zero-order chi connectivity index (χ0) is 27.7. The van der Waals surface area contributed by atoms with E-state index in [1.807, 2.05) is 56.7 Å². The van der Waals surface area contributed by atoms with Gasteiger partial charge in [-0.15, -0.1) is 11.3 Å². The van der Waals surface area contributed by atoms with Gasteiger partial charge in [-0.1, -0.05) is 30.3 Å². The van der Waals surface area contributed by atoms with E-state index in [4.69, 9.17) is 19.2 Å². The van der Waals surface area contributed by atoms with Gasteiger partial charge in [-0.3, -0.25) is 4.98 Å². The molecule has 3 aromatic carbocycles. The molecule has 0 unspecified atom stereocenters. The van der Waals surface area contributed by atoms with Crippen molar-refractivity contribution < 1.29 is 14.2 Å². The van der Waals surface area contributed by atoms with Gasteiger partial charge in [0.25, 0.3) is 0 Å². The van der Waals surface area contributed by atoms with E-state index in [2.05, 4.69) is 62.6 Å². The zero-order valence-electron chi connectivity index (χ0n) is 23.1. The summed E-state index contributed by atoms with van der Waals surface area (Å²) in [5.41, 5.74) is 5.37. The second-order valence-electron chi connectivity index (χ2n) is 9.65. The van der Waals surface area contributed by atoms with Gasteiger partial charge in [0.05, 0.1) is 31.5 Å². The Morgan fingerprint density at radius 1 is 0.825 bits per heavy atom. The Morgan fingerprint density at radius 3 is 2.50 bits per heavy atom. The van der Waals surface area contributed by atoms with Crippen molar-refractivity contribution in [1.29, 1.82) is 0 Å². The van der Waals surface area contributed by atoms with Gasteiger partial charge in [0.15, 0.2) is 5.13 Å². The fourth-order valence-electron chi connectivity index (χ4n) is 4.38. The number of ether oxygens (including phenoxy) is 3. The molecule has 0 N–H and O–H groups in total. The van der Waals surface area contributed by atoms with E-state index in [0.29, 0.717) is 26.4 Å². The Balaban J connectivity index is 1.23. The van der Waals surface area contributed by atoms with Crippen LogP contribution in [0, 0.1) is 0 Å². The van der Waals surface area contributed by atoms with Gasteiger partial charge in [0.2, 0.25) is 0 Å². The predicted octanol–water partition coefficient (Wildman–Crippen LogP) is 6.57. The quantitative estimate of drug-likeness (QED) is 0.153. The molecule has 40 heavy (non-hydrogen) atoms. The van der Waals surface area contributed by atoms with Gasteiger partial charge in [-0.25, -0.2) is 4.98 Å². The molecular formula is C32H34N4O3S. The average Bonchev–Trinajstić information content (AvgIpc) is 3.46. The van der Waals surface area contributed by atoms with Crippen LogP contribution in [0.2, 0.25) is 0 Å². The van der Waals surface area contributed by atoms with Crippen LogP contribution in [0.4, 0.5) is 10.8 Å². The van der Waals surface area contributed by atoms with Gasteiger partial charge < -0.3 is 24.0 Å². The van der Waals surface area contributed by atoms with Crippen LogP contribution in [0.1, 0.15) is 16.8 Å². The van der Waals surface area contributed by atoms with Crippen LogP contribution >= 0.6 is 11.3 Å². The maximum absolute atomic E-state index is 5.89. The number of benzene rings is 3. The van der Waals surface area contributed by atoms with Gasteiger partial charge >= 0.3 is 0 Å². The minimum Gasteiger partial charge on any atom is -0.497 e. The van der Waals surface area contributed by atoms with E-state index < -0.39 is 0 Å². The van der Waals surface area contributed by atoms with Crippen molar-refractivity contribution in [3.63, 3.8) is 0 Å². The molecule has 0 radical (unpaired) electrons. The highest BCUT2D eigenvalue weighted by Gasteiger charge is 2.14. The summed E-state index contributed by atoms with van der Waals surface area (Å²) in [4.78, 5) is 13.7. The maximum atomic E-state index is 5.89. The zero-order valence-corrected chi connectivity index (χ0v) is 23.9. The standard InChI is InChI=1S/C32H34N4O3S/c1-35(2)28-9-5-11-30(19-28)39-16-15-38-22-27-23-40-32(34-27)36(20-24-7-4-10-29(18-24)37-3)21-25-12-13-31-26(17-25)8-6-14-33-31/h4-14,17-19,23H,15-16,20-22H2,1-3H3.